The van der Waals surface area contributed by atoms with Gasteiger partial charge in [0, 0.05) is 25.4 Å². The van der Waals surface area contributed by atoms with E-state index in [9.17, 15) is 9.59 Å². The lowest BCUT2D eigenvalue weighted by atomic mass is 10.0. The van der Waals surface area contributed by atoms with E-state index in [1.807, 2.05) is 25.1 Å². The largest absolute Gasteiger partial charge is 0.314 e. The molecule has 1 aromatic carbocycles. The second-order valence-electron chi connectivity index (χ2n) is 5.46. The van der Waals surface area contributed by atoms with Crippen molar-refractivity contribution in [2.45, 2.75) is 26.2 Å². The van der Waals surface area contributed by atoms with Crippen molar-refractivity contribution in [2.75, 3.05) is 5.32 Å². The Kier molecular flexibility index (Phi) is 5.47. The van der Waals surface area contributed by atoms with Crippen LogP contribution in [0, 0.1) is 5.92 Å². The molecule has 0 aliphatic heterocycles. The minimum Gasteiger partial charge on any atom is -0.314 e. The Hall–Kier alpha value is -2.43. The summed E-state index contributed by atoms with van der Waals surface area (Å²) in [5.74, 6) is -0.232. The molecule has 0 fully saturated rings. The van der Waals surface area contributed by atoms with E-state index in [-0.39, 0.29) is 23.2 Å². The molecule has 0 unspecified atom stereocenters. The summed E-state index contributed by atoms with van der Waals surface area (Å²) in [6.45, 7) is 1.87. The number of hydrogen-bond acceptors (Lipinski definition) is 3. The molecular formula is C17H21N3O2. The monoisotopic (exact) mass is 299 g/mol. The molecule has 2 aromatic rings. The molecular weight excluding hydrogens is 278 g/mol. The Bertz CT molecular complexity index is 680. The van der Waals surface area contributed by atoms with Crippen molar-refractivity contribution >= 4 is 11.7 Å². The zero-order valence-corrected chi connectivity index (χ0v) is 13.0. The number of benzene rings is 1. The third kappa shape index (κ3) is 4.28. The first-order valence-electron chi connectivity index (χ1n) is 7.44. The van der Waals surface area contributed by atoms with Crippen LogP contribution in [0.25, 0.3) is 0 Å². The van der Waals surface area contributed by atoms with Gasteiger partial charge in [0.05, 0.1) is 0 Å². The number of nitrogens with one attached hydrogen (secondary N) is 1. The Morgan fingerprint density at radius 2 is 2.05 bits per heavy atom. The Labute approximate surface area is 130 Å². The molecule has 1 aromatic heterocycles. The van der Waals surface area contributed by atoms with Crippen LogP contribution in [0.4, 0.5) is 5.82 Å². The lowest BCUT2D eigenvalue weighted by Crippen LogP contribution is -2.28. The van der Waals surface area contributed by atoms with Crippen LogP contribution in [0.15, 0.2) is 47.5 Å². The zero-order valence-electron chi connectivity index (χ0n) is 13.0. The first kappa shape index (κ1) is 15.9. The summed E-state index contributed by atoms with van der Waals surface area (Å²) in [5, 5.41) is 2.62. The number of carbonyl (C=O) groups is 1. The van der Waals surface area contributed by atoms with Gasteiger partial charge in [-0.1, -0.05) is 37.3 Å². The third-order valence-electron chi connectivity index (χ3n) is 3.65. The molecule has 2 rings (SSSR count). The van der Waals surface area contributed by atoms with Gasteiger partial charge >= 0.3 is 0 Å². The topological polar surface area (TPSA) is 64.0 Å². The number of anilines is 1. The lowest BCUT2D eigenvalue weighted by molar-refractivity contribution is -0.119. The van der Waals surface area contributed by atoms with Crippen LogP contribution >= 0.6 is 0 Å². The molecule has 1 amide bonds. The van der Waals surface area contributed by atoms with E-state index in [0.29, 0.717) is 0 Å². The van der Waals surface area contributed by atoms with E-state index in [1.54, 1.807) is 13.2 Å². The average Bonchev–Trinajstić information content (AvgIpc) is 2.52. The van der Waals surface area contributed by atoms with Crippen molar-refractivity contribution in [1.29, 1.82) is 0 Å². The van der Waals surface area contributed by atoms with Gasteiger partial charge < -0.3 is 9.88 Å². The molecule has 5 nitrogen and oxygen atoms in total. The summed E-state index contributed by atoms with van der Waals surface area (Å²) in [6.07, 6.45) is 5.70. The van der Waals surface area contributed by atoms with Gasteiger partial charge in [-0.05, 0) is 24.8 Å². The number of carbonyl (C=O) groups excluding carboxylic acids is 1. The fraction of sp³-hybridized carbons (Fsp3) is 0.353. The second-order valence-corrected chi connectivity index (χ2v) is 5.46. The van der Waals surface area contributed by atoms with Gasteiger partial charge in [-0.15, -0.1) is 0 Å². The summed E-state index contributed by atoms with van der Waals surface area (Å²) in [5.41, 5.74) is 0.973. The highest BCUT2D eigenvalue weighted by atomic mass is 16.2. The van der Waals surface area contributed by atoms with Crippen molar-refractivity contribution in [2.24, 2.45) is 13.0 Å². The summed E-state index contributed by atoms with van der Waals surface area (Å²) < 4.78 is 1.39. The first-order chi connectivity index (χ1) is 10.6. The molecule has 5 heteroatoms. The van der Waals surface area contributed by atoms with Crippen molar-refractivity contribution in [1.82, 2.24) is 9.55 Å². The number of amides is 1. The van der Waals surface area contributed by atoms with E-state index in [4.69, 9.17) is 0 Å². The predicted octanol–water partition coefficient (Wildman–Crippen LogP) is 2.38. The Morgan fingerprint density at radius 3 is 2.77 bits per heavy atom. The van der Waals surface area contributed by atoms with Gasteiger partial charge in [0.15, 0.2) is 5.82 Å². The predicted molar refractivity (Wildman–Crippen MR) is 86.7 cm³/mol. The van der Waals surface area contributed by atoms with Crippen LogP contribution < -0.4 is 10.9 Å². The van der Waals surface area contributed by atoms with E-state index in [1.165, 1.54) is 16.3 Å². The van der Waals surface area contributed by atoms with Gasteiger partial charge in [-0.25, -0.2) is 4.98 Å². The van der Waals surface area contributed by atoms with Gasteiger partial charge in [0.1, 0.15) is 0 Å². The highest BCUT2D eigenvalue weighted by Gasteiger charge is 2.15. The molecule has 0 saturated carbocycles. The SMILES string of the molecule is C[C@H](CCCc1ccccc1)C(=O)Nc1nccn(C)c1=O. The maximum atomic E-state index is 12.1. The molecule has 0 aliphatic rings. The quantitative estimate of drug-likeness (QED) is 0.890. The minimum atomic E-state index is -0.299. The molecule has 0 radical (unpaired) electrons. The molecule has 0 aliphatic carbocycles. The van der Waals surface area contributed by atoms with Crippen LogP contribution in [0.5, 0.6) is 0 Å². The lowest BCUT2D eigenvalue weighted by Gasteiger charge is -2.11. The van der Waals surface area contributed by atoms with E-state index >= 15 is 0 Å². The van der Waals surface area contributed by atoms with Crippen molar-refractivity contribution < 1.29 is 4.79 Å². The normalized spacial score (nSPS) is 11.9. The number of rotatable bonds is 6. The molecule has 0 saturated heterocycles. The van der Waals surface area contributed by atoms with Gasteiger partial charge in [0.2, 0.25) is 5.91 Å². The molecule has 0 bridgehead atoms. The smallest absolute Gasteiger partial charge is 0.293 e. The molecule has 0 spiro atoms. The summed E-state index contributed by atoms with van der Waals surface area (Å²) in [4.78, 5) is 27.9. The summed E-state index contributed by atoms with van der Waals surface area (Å²) >= 11 is 0. The van der Waals surface area contributed by atoms with Crippen LogP contribution in [-0.4, -0.2) is 15.5 Å². The van der Waals surface area contributed by atoms with Crippen LogP contribution in [-0.2, 0) is 18.3 Å². The maximum Gasteiger partial charge on any atom is 0.293 e. The standard InChI is InChI=1S/C17H21N3O2/c1-13(7-6-10-14-8-4-3-5-9-14)16(21)19-15-17(22)20(2)12-11-18-15/h3-5,8-9,11-13H,6-7,10H2,1-2H3,(H,18,19,21)/t13-/m1/s1. The van der Waals surface area contributed by atoms with E-state index in [0.717, 1.165) is 19.3 Å². The molecule has 116 valence electrons. The van der Waals surface area contributed by atoms with Crippen molar-refractivity contribution in [3.63, 3.8) is 0 Å². The van der Waals surface area contributed by atoms with E-state index in [2.05, 4.69) is 22.4 Å². The average molecular weight is 299 g/mol. The number of aryl methyl sites for hydroxylation is 2. The van der Waals surface area contributed by atoms with Crippen molar-refractivity contribution in [3.05, 3.63) is 58.6 Å². The highest BCUT2D eigenvalue weighted by molar-refractivity contribution is 5.91. The van der Waals surface area contributed by atoms with Crippen LogP contribution in [0.3, 0.4) is 0 Å². The maximum absolute atomic E-state index is 12.1. The molecule has 1 heterocycles. The van der Waals surface area contributed by atoms with Crippen molar-refractivity contribution in [3.8, 4) is 0 Å². The molecule has 22 heavy (non-hydrogen) atoms. The minimum absolute atomic E-state index is 0.0879. The Balaban J connectivity index is 1.84. The Morgan fingerprint density at radius 1 is 1.32 bits per heavy atom. The van der Waals surface area contributed by atoms with E-state index < -0.39 is 0 Å². The fourth-order valence-corrected chi connectivity index (χ4v) is 2.21. The van der Waals surface area contributed by atoms with Gasteiger partial charge in [-0.2, -0.15) is 0 Å². The first-order valence-corrected chi connectivity index (χ1v) is 7.44. The van der Waals surface area contributed by atoms with Gasteiger partial charge in [-0.3, -0.25) is 9.59 Å². The summed E-state index contributed by atoms with van der Waals surface area (Å²) in [7, 11) is 1.63. The zero-order chi connectivity index (χ0) is 15.9. The summed E-state index contributed by atoms with van der Waals surface area (Å²) in [6, 6.07) is 10.2. The fourth-order valence-electron chi connectivity index (χ4n) is 2.21. The number of hydrogen-bond donors (Lipinski definition) is 1. The van der Waals surface area contributed by atoms with Gasteiger partial charge in [0.25, 0.3) is 5.56 Å². The van der Waals surface area contributed by atoms with Crippen LogP contribution in [0.2, 0.25) is 0 Å². The molecule has 1 N–H and O–H groups in total. The number of nitrogens with zero attached hydrogens (tertiary/aromatic N) is 2. The second kappa shape index (κ2) is 7.54. The number of aromatic nitrogens is 2. The third-order valence-corrected chi connectivity index (χ3v) is 3.65. The molecule has 1 atom stereocenters. The highest BCUT2D eigenvalue weighted by Crippen LogP contribution is 2.12. The van der Waals surface area contributed by atoms with Crippen LogP contribution in [0.1, 0.15) is 25.3 Å².